The molecule has 62 heavy (non-hydrogen) atoms. The molecule has 1 fully saturated rings. The maximum Gasteiger partial charge on any atom is 0.142 e. The van der Waals surface area contributed by atoms with E-state index in [0.29, 0.717) is 82.4 Å². The number of nitrogens with one attached hydrogen (secondary N) is 2. The van der Waals surface area contributed by atoms with E-state index >= 15 is 0 Å². The third kappa shape index (κ3) is 10.9. The predicted octanol–water partition coefficient (Wildman–Crippen LogP) is 10.3. The molecule has 1 aromatic heterocycles. The van der Waals surface area contributed by atoms with Crippen LogP contribution in [-0.2, 0) is 32.9 Å². The number of nitriles is 2. The summed E-state index contributed by atoms with van der Waals surface area (Å²) in [5, 5.41) is 26.5. The number of aromatic nitrogens is 1. The molecule has 2 unspecified atom stereocenters. The van der Waals surface area contributed by atoms with Crippen LogP contribution in [0.2, 0.25) is 10.0 Å². The first-order chi connectivity index (χ1) is 30.1. The molecule has 0 spiro atoms. The minimum absolute atomic E-state index is 0.202. The zero-order valence-electron chi connectivity index (χ0n) is 35.2. The number of pyridine rings is 1. The minimum atomic E-state index is 0.202. The van der Waals surface area contributed by atoms with Gasteiger partial charge in [0, 0.05) is 84.2 Å². The lowest BCUT2D eigenvalue weighted by atomic mass is 9.92. The van der Waals surface area contributed by atoms with Gasteiger partial charge in [-0.15, -0.1) is 0 Å². The largest absolute Gasteiger partial charge is 0.488 e. The Morgan fingerprint density at radius 2 is 1.39 bits per heavy atom. The van der Waals surface area contributed by atoms with E-state index < -0.39 is 0 Å². The average Bonchev–Trinajstić information content (AvgIpc) is 3.72. The topological polar surface area (TPSA) is 147 Å². The van der Waals surface area contributed by atoms with Crippen LogP contribution in [0.25, 0.3) is 11.1 Å². The van der Waals surface area contributed by atoms with Gasteiger partial charge < -0.3 is 35.3 Å². The molecular weight excluding hydrogens is 819 g/mol. The van der Waals surface area contributed by atoms with Gasteiger partial charge in [0.1, 0.15) is 55.5 Å². The lowest BCUT2D eigenvalue weighted by Crippen LogP contribution is -2.26. The summed E-state index contributed by atoms with van der Waals surface area (Å²) in [4.78, 5) is 4.12. The number of ether oxygens (including phenoxy) is 4. The van der Waals surface area contributed by atoms with Crippen molar-refractivity contribution in [2.45, 2.75) is 79.0 Å². The highest BCUT2D eigenvalue weighted by atomic mass is 35.5. The van der Waals surface area contributed by atoms with Crippen LogP contribution in [0, 0.1) is 42.4 Å². The summed E-state index contributed by atoms with van der Waals surface area (Å²) in [6, 6.07) is 26.3. The Morgan fingerprint density at radius 3 is 2.00 bits per heavy atom. The molecule has 0 saturated heterocycles. The summed E-state index contributed by atoms with van der Waals surface area (Å²) in [6.07, 6.45) is 10.4. The molecule has 12 heteroatoms. The van der Waals surface area contributed by atoms with Crippen LogP contribution < -0.4 is 35.3 Å². The number of rotatable bonds is 17. The number of hydrogen-bond donors (Lipinski definition) is 3. The fourth-order valence-corrected chi connectivity index (χ4v) is 8.36. The summed E-state index contributed by atoms with van der Waals surface area (Å²) in [5.74, 6) is 2.94. The molecule has 1 aliphatic heterocycles. The van der Waals surface area contributed by atoms with Crippen molar-refractivity contribution in [2.24, 2.45) is 11.7 Å². The van der Waals surface area contributed by atoms with Crippen molar-refractivity contribution in [3.63, 3.8) is 0 Å². The second-order valence-corrected chi connectivity index (χ2v) is 16.7. The number of benzene rings is 4. The van der Waals surface area contributed by atoms with E-state index in [1.165, 1.54) is 12.6 Å². The predicted molar refractivity (Wildman–Crippen MR) is 243 cm³/mol. The number of dihydropyridines is 1. The van der Waals surface area contributed by atoms with Crippen LogP contribution >= 0.6 is 23.2 Å². The van der Waals surface area contributed by atoms with Gasteiger partial charge in [-0.3, -0.25) is 4.98 Å². The standard InChI is InChI=1S/C50H50Cl2N6O4/c1-31-10-11-42(12-31)58-26-41-16-46(52)50(18-48(41)60-28-37-14-35(20-54)23-57-25-37)62-30-39-7-5-9-44(33(39)3)43-8-4-6-38(32(43)2)29-61-49-17-47(40(21-55)15-45(49)51)59-27-36-13-34(19-53)22-56-24-36/h4-9,13-18,22,24-25,31,42,57-58H,10-12,21,23,26-30,55H2,1-3H3. The van der Waals surface area contributed by atoms with Crippen molar-refractivity contribution >= 4 is 23.2 Å². The Morgan fingerprint density at radius 1 is 0.758 bits per heavy atom. The van der Waals surface area contributed by atoms with E-state index in [-0.39, 0.29) is 19.8 Å². The minimum Gasteiger partial charge on any atom is -0.488 e. The fraction of sp³-hybridized carbons (Fsp3) is 0.300. The van der Waals surface area contributed by atoms with Crippen LogP contribution in [0.3, 0.4) is 0 Å². The summed E-state index contributed by atoms with van der Waals surface area (Å²) in [7, 11) is 0. The number of nitrogens with zero attached hydrogens (tertiary/aromatic N) is 3. The van der Waals surface area contributed by atoms with Gasteiger partial charge in [-0.25, -0.2) is 0 Å². The van der Waals surface area contributed by atoms with Crippen LogP contribution in [-0.4, -0.2) is 24.2 Å². The summed E-state index contributed by atoms with van der Waals surface area (Å²) in [5.41, 5.74) is 16.8. The third-order valence-corrected chi connectivity index (χ3v) is 12.1. The van der Waals surface area contributed by atoms with Gasteiger partial charge in [-0.05, 0) is 96.7 Å². The van der Waals surface area contributed by atoms with Crippen molar-refractivity contribution in [1.82, 2.24) is 15.6 Å². The zero-order valence-corrected chi connectivity index (χ0v) is 36.7. The molecule has 4 aromatic carbocycles. The zero-order chi connectivity index (χ0) is 43.6. The van der Waals surface area contributed by atoms with Gasteiger partial charge in [0.2, 0.25) is 0 Å². The summed E-state index contributed by atoms with van der Waals surface area (Å²) >= 11 is 13.6. The molecule has 7 rings (SSSR count). The smallest absolute Gasteiger partial charge is 0.142 e. The molecule has 2 heterocycles. The van der Waals surface area contributed by atoms with Gasteiger partial charge in [-0.2, -0.15) is 10.5 Å². The van der Waals surface area contributed by atoms with Crippen molar-refractivity contribution < 1.29 is 18.9 Å². The van der Waals surface area contributed by atoms with Gasteiger partial charge in [-0.1, -0.05) is 66.5 Å². The highest BCUT2D eigenvalue weighted by Gasteiger charge is 2.22. The molecule has 5 aromatic rings. The summed E-state index contributed by atoms with van der Waals surface area (Å²) < 4.78 is 25.3. The van der Waals surface area contributed by atoms with Crippen molar-refractivity contribution in [1.29, 1.82) is 10.5 Å². The van der Waals surface area contributed by atoms with Gasteiger partial charge >= 0.3 is 0 Å². The highest BCUT2D eigenvalue weighted by molar-refractivity contribution is 6.32. The lowest BCUT2D eigenvalue weighted by Gasteiger charge is -2.20. The van der Waals surface area contributed by atoms with Crippen LogP contribution in [0.5, 0.6) is 23.0 Å². The maximum absolute atomic E-state index is 9.43. The Bertz CT molecular complexity index is 2580. The molecule has 2 atom stereocenters. The molecule has 1 saturated carbocycles. The molecule has 10 nitrogen and oxygen atoms in total. The highest BCUT2D eigenvalue weighted by Crippen LogP contribution is 2.38. The molecule has 318 valence electrons. The van der Waals surface area contributed by atoms with Crippen LogP contribution in [0.15, 0.2) is 103 Å². The molecule has 0 radical (unpaired) electrons. The maximum atomic E-state index is 9.43. The number of nitrogens with two attached hydrogens (primary N) is 1. The average molecular weight is 870 g/mol. The van der Waals surface area contributed by atoms with E-state index in [2.05, 4.69) is 66.7 Å². The fourth-order valence-electron chi connectivity index (χ4n) is 7.87. The van der Waals surface area contributed by atoms with Crippen LogP contribution in [0.4, 0.5) is 0 Å². The Hall–Kier alpha value is -6.01. The van der Waals surface area contributed by atoms with E-state index in [4.69, 9.17) is 47.9 Å². The summed E-state index contributed by atoms with van der Waals surface area (Å²) in [6.45, 7) is 8.91. The van der Waals surface area contributed by atoms with E-state index in [1.807, 2.05) is 42.6 Å². The number of halogens is 2. The molecule has 1 aliphatic carbocycles. The van der Waals surface area contributed by atoms with Crippen LogP contribution in [0.1, 0.15) is 70.7 Å². The van der Waals surface area contributed by atoms with Crippen molar-refractivity contribution in [3.8, 4) is 46.3 Å². The van der Waals surface area contributed by atoms with Gasteiger partial charge in [0.05, 0.1) is 21.7 Å². The second kappa shape index (κ2) is 20.7. The lowest BCUT2D eigenvalue weighted by molar-refractivity contribution is 0.287. The monoisotopic (exact) mass is 868 g/mol. The Balaban J connectivity index is 1.06. The molecule has 4 N–H and O–H groups in total. The Labute approximate surface area is 373 Å². The first kappa shape index (κ1) is 44.1. The van der Waals surface area contributed by atoms with Gasteiger partial charge in [0.25, 0.3) is 0 Å². The normalized spacial score (nSPS) is 15.7. The van der Waals surface area contributed by atoms with Gasteiger partial charge in [0.15, 0.2) is 0 Å². The molecule has 0 amide bonds. The Kier molecular flexibility index (Phi) is 14.7. The SMILES string of the molecule is Cc1c(COc2cc(OCc3cncc(C#N)c3)c(CN)cc2Cl)cccc1-c1cccc(COc2cc(OCC3=CNCC(C#N)=C3)c(CNC3CCC(C)C3)cc2Cl)c1C. The number of hydrogen-bond acceptors (Lipinski definition) is 10. The van der Waals surface area contributed by atoms with E-state index in [1.54, 1.807) is 24.4 Å². The van der Waals surface area contributed by atoms with E-state index in [0.717, 1.165) is 68.5 Å². The molecule has 2 aliphatic rings. The quantitative estimate of drug-likeness (QED) is 0.0825. The second-order valence-electron chi connectivity index (χ2n) is 15.9. The first-order valence-corrected chi connectivity index (χ1v) is 21.5. The molecular formula is C50H50Cl2N6O4. The van der Waals surface area contributed by atoms with Crippen molar-refractivity contribution in [3.05, 3.63) is 157 Å². The van der Waals surface area contributed by atoms with Crippen molar-refractivity contribution in [2.75, 3.05) is 13.2 Å². The first-order valence-electron chi connectivity index (χ1n) is 20.8. The third-order valence-electron chi connectivity index (χ3n) is 11.5. The molecule has 0 bridgehead atoms. The van der Waals surface area contributed by atoms with E-state index in [9.17, 15) is 10.5 Å².